The predicted octanol–water partition coefficient (Wildman–Crippen LogP) is 1.54. The van der Waals surface area contributed by atoms with E-state index >= 15 is 0 Å². The summed E-state index contributed by atoms with van der Waals surface area (Å²) < 4.78 is 0. The fourth-order valence-electron chi connectivity index (χ4n) is 3.25. The van der Waals surface area contributed by atoms with Crippen LogP contribution in [0.25, 0.3) is 0 Å². The monoisotopic (exact) mass is 244 g/mol. The van der Waals surface area contributed by atoms with E-state index in [1.165, 1.54) is 11.1 Å². The lowest BCUT2D eigenvalue weighted by molar-refractivity contribution is -0.134. The highest BCUT2D eigenvalue weighted by atomic mass is 16.2. The fourth-order valence-corrected chi connectivity index (χ4v) is 3.25. The summed E-state index contributed by atoms with van der Waals surface area (Å²) in [5.41, 5.74) is 2.60. The zero-order chi connectivity index (χ0) is 12.5. The van der Waals surface area contributed by atoms with Gasteiger partial charge in [0.2, 0.25) is 5.91 Å². The van der Waals surface area contributed by atoms with Crippen molar-refractivity contribution in [3.63, 3.8) is 0 Å². The molecule has 1 aliphatic heterocycles. The van der Waals surface area contributed by atoms with E-state index in [0.29, 0.717) is 11.9 Å². The molecule has 3 nitrogen and oxygen atoms in total. The van der Waals surface area contributed by atoms with E-state index in [9.17, 15) is 4.79 Å². The quantitative estimate of drug-likeness (QED) is 0.874. The molecular formula is C15H20N2O. The van der Waals surface area contributed by atoms with Gasteiger partial charge in [-0.2, -0.15) is 0 Å². The average Bonchev–Trinajstić information content (AvgIpc) is 2.79. The third-order valence-electron chi connectivity index (χ3n) is 4.25. The first-order chi connectivity index (χ1) is 8.81. The third-order valence-corrected chi connectivity index (χ3v) is 4.25. The van der Waals surface area contributed by atoms with Gasteiger partial charge in [0, 0.05) is 19.1 Å². The lowest BCUT2D eigenvalue weighted by Gasteiger charge is -2.34. The van der Waals surface area contributed by atoms with Gasteiger partial charge < -0.3 is 10.2 Å². The Labute approximate surface area is 108 Å². The normalized spacial score (nSPS) is 25.7. The topological polar surface area (TPSA) is 32.3 Å². The van der Waals surface area contributed by atoms with E-state index in [1.807, 2.05) is 13.1 Å². The number of likely N-dealkylation sites (tertiary alicyclic amines) is 1. The van der Waals surface area contributed by atoms with E-state index in [0.717, 1.165) is 32.4 Å². The predicted molar refractivity (Wildman–Crippen MR) is 71.5 cm³/mol. The highest BCUT2D eigenvalue weighted by Gasteiger charge is 2.38. The molecule has 3 heteroatoms. The van der Waals surface area contributed by atoms with Gasteiger partial charge in [-0.1, -0.05) is 24.3 Å². The number of amides is 1. The van der Waals surface area contributed by atoms with Gasteiger partial charge in [0.1, 0.15) is 0 Å². The minimum absolute atomic E-state index is 0.124. The van der Waals surface area contributed by atoms with Crippen LogP contribution < -0.4 is 5.32 Å². The zero-order valence-electron chi connectivity index (χ0n) is 10.9. The molecule has 0 saturated carbocycles. The van der Waals surface area contributed by atoms with Crippen molar-refractivity contribution in [2.45, 2.75) is 31.2 Å². The number of likely N-dealkylation sites (N-methyl/N-ethyl adjacent to an activating group) is 1. The van der Waals surface area contributed by atoms with Gasteiger partial charge in [0.25, 0.3) is 0 Å². The molecular weight excluding hydrogens is 224 g/mol. The maximum atomic E-state index is 12.6. The summed E-state index contributed by atoms with van der Waals surface area (Å²) in [7, 11) is 1.96. The zero-order valence-corrected chi connectivity index (χ0v) is 10.9. The summed E-state index contributed by atoms with van der Waals surface area (Å²) >= 11 is 0. The number of rotatable bonds is 3. The molecule has 96 valence electrons. The van der Waals surface area contributed by atoms with Crippen molar-refractivity contribution in [2.24, 2.45) is 0 Å². The lowest BCUT2D eigenvalue weighted by atomic mass is 9.77. The second kappa shape index (κ2) is 4.73. The van der Waals surface area contributed by atoms with E-state index in [2.05, 4.69) is 28.4 Å². The van der Waals surface area contributed by atoms with Crippen molar-refractivity contribution in [3.05, 3.63) is 35.4 Å². The summed E-state index contributed by atoms with van der Waals surface area (Å²) in [5, 5.41) is 3.19. The van der Waals surface area contributed by atoms with Crippen LogP contribution in [0.15, 0.2) is 24.3 Å². The Morgan fingerprint density at radius 2 is 2.28 bits per heavy atom. The molecule has 2 unspecified atom stereocenters. The first kappa shape index (κ1) is 11.7. The van der Waals surface area contributed by atoms with Gasteiger partial charge in [0.15, 0.2) is 0 Å². The molecule has 0 radical (unpaired) electrons. The Balaban J connectivity index is 1.73. The van der Waals surface area contributed by atoms with Crippen LogP contribution in [-0.2, 0) is 11.2 Å². The van der Waals surface area contributed by atoms with Crippen LogP contribution in [0.5, 0.6) is 0 Å². The van der Waals surface area contributed by atoms with Crippen LogP contribution >= 0.6 is 0 Å². The average molecular weight is 244 g/mol. The Kier molecular flexibility index (Phi) is 3.08. The maximum absolute atomic E-state index is 12.6. The van der Waals surface area contributed by atoms with Crippen LogP contribution in [0.4, 0.5) is 0 Å². The van der Waals surface area contributed by atoms with Crippen molar-refractivity contribution in [1.82, 2.24) is 10.2 Å². The fraction of sp³-hybridized carbons (Fsp3) is 0.533. The smallest absolute Gasteiger partial charge is 0.230 e. The molecule has 2 atom stereocenters. The van der Waals surface area contributed by atoms with E-state index in [-0.39, 0.29) is 5.92 Å². The molecule has 1 N–H and O–H groups in total. The van der Waals surface area contributed by atoms with E-state index in [4.69, 9.17) is 0 Å². The van der Waals surface area contributed by atoms with Crippen LogP contribution in [0.1, 0.15) is 29.9 Å². The number of fused-ring (bicyclic) bond motifs is 1. The van der Waals surface area contributed by atoms with Crippen molar-refractivity contribution >= 4 is 5.91 Å². The van der Waals surface area contributed by atoms with Crippen molar-refractivity contribution in [1.29, 1.82) is 0 Å². The van der Waals surface area contributed by atoms with Crippen LogP contribution in [0.2, 0.25) is 0 Å². The number of carbonyl (C=O) groups excluding carboxylic acids is 1. The van der Waals surface area contributed by atoms with Gasteiger partial charge in [-0.25, -0.2) is 0 Å². The first-order valence-corrected chi connectivity index (χ1v) is 6.84. The van der Waals surface area contributed by atoms with Crippen molar-refractivity contribution in [2.75, 3.05) is 20.1 Å². The Morgan fingerprint density at radius 3 is 3.06 bits per heavy atom. The Bertz CT molecular complexity index is 458. The molecule has 18 heavy (non-hydrogen) atoms. The van der Waals surface area contributed by atoms with Gasteiger partial charge in [0.05, 0.1) is 5.92 Å². The molecule has 1 heterocycles. The molecule has 1 aliphatic carbocycles. The molecule has 3 rings (SSSR count). The molecule has 1 amide bonds. The van der Waals surface area contributed by atoms with Crippen molar-refractivity contribution < 1.29 is 4.79 Å². The molecule has 1 fully saturated rings. The van der Waals surface area contributed by atoms with Gasteiger partial charge in [-0.05, 0) is 37.4 Å². The highest BCUT2D eigenvalue weighted by Crippen LogP contribution is 2.37. The minimum Gasteiger partial charge on any atom is -0.338 e. The number of benzene rings is 1. The number of nitrogens with one attached hydrogen (secondary N) is 1. The van der Waals surface area contributed by atoms with Crippen molar-refractivity contribution in [3.8, 4) is 0 Å². The van der Waals surface area contributed by atoms with Gasteiger partial charge in [-0.3, -0.25) is 4.79 Å². The maximum Gasteiger partial charge on any atom is 0.230 e. The summed E-state index contributed by atoms with van der Waals surface area (Å²) in [6.45, 7) is 1.85. The molecule has 2 aliphatic rings. The second-order valence-corrected chi connectivity index (χ2v) is 5.34. The van der Waals surface area contributed by atoms with Gasteiger partial charge in [-0.15, -0.1) is 0 Å². The Morgan fingerprint density at radius 1 is 1.44 bits per heavy atom. The van der Waals surface area contributed by atoms with Gasteiger partial charge >= 0.3 is 0 Å². The van der Waals surface area contributed by atoms with Crippen LogP contribution in [0.3, 0.4) is 0 Å². The largest absolute Gasteiger partial charge is 0.338 e. The Hall–Kier alpha value is -1.35. The second-order valence-electron chi connectivity index (χ2n) is 5.34. The summed E-state index contributed by atoms with van der Waals surface area (Å²) in [6.07, 6.45) is 3.21. The molecule has 1 aromatic rings. The summed E-state index contributed by atoms with van der Waals surface area (Å²) in [5.74, 6) is 0.463. The number of nitrogens with zero attached hydrogens (tertiary/aromatic N) is 1. The lowest BCUT2D eigenvalue weighted by Crippen LogP contribution is -2.45. The SMILES string of the molecule is CNCC1CCCN1C(=O)C1Cc2ccccc21. The molecule has 1 saturated heterocycles. The summed E-state index contributed by atoms with van der Waals surface area (Å²) in [4.78, 5) is 14.7. The highest BCUT2D eigenvalue weighted by molar-refractivity contribution is 5.87. The molecule has 0 bridgehead atoms. The molecule has 0 spiro atoms. The number of hydrogen-bond acceptors (Lipinski definition) is 2. The molecule has 0 aromatic heterocycles. The van der Waals surface area contributed by atoms with Crippen LogP contribution in [0, 0.1) is 0 Å². The van der Waals surface area contributed by atoms with E-state index < -0.39 is 0 Å². The van der Waals surface area contributed by atoms with Crippen LogP contribution in [-0.4, -0.2) is 37.0 Å². The number of hydrogen-bond donors (Lipinski definition) is 1. The third kappa shape index (κ3) is 1.83. The summed E-state index contributed by atoms with van der Waals surface area (Å²) in [6, 6.07) is 8.72. The van der Waals surface area contributed by atoms with E-state index in [1.54, 1.807) is 0 Å². The molecule has 1 aromatic carbocycles. The first-order valence-electron chi connectivity index (χ1n) is 6.84. The minimum atomic E-state index is 0.124. The number of carbonyl (C=O) groups is 1. The standard InChI is InChI=1S/C15H20N2O/c1-16-10-12-6-4-8-17(12)15(18)14-9-11-5-2-3-7-13(11)14/h2-3,5,7,12,14,16H,4,6,8-10H2,1H3.